The van der Waals surface area contributed by atoms with Crippen molar-refractivity contribution in [2.45, 2.75) is 58.4 Å². The second kappa shape index (κ2) is 6.60. The van der Waals surface area contributed by atoms with Gasteiger partial charge in [-0.25, -0.2) is 4.68 Å². The van der Waals surface area contributed by atoms with E-state index in [0.29, 0.717) is 11.1 Å². The van der Waals surface area contributed by atoms with Crippen molar-refractivity contribution >= 4 is 17.5 Å². The Bertz CT molecular complexity index is 743. The lowest BCUT2D eigenvalue weighted by atomic mass is 9.98. The Hall–Kier alpha value is -1.81. The molecular weight excluding hydrogens is 322 g/mol. The van der Waals surface area contributed by atoms with Gasteiger partial charge in [-0.2, -0.15) is 5.10 Å². The molecule has 1 aromatic heterocycles. The van der Waals surface area contributed by atoms with E-state index in [4.69, 9.17) is 16.7 Å². The normalized spacial score (nSPS) is 14.5. The quantitative estimate of drug-likeness (QED) is 0.856. The highest BCUT2D eigenvalue weighted by atomic mass is 35.5. The van der Waals surface area contributed by atoms with Crippen molar-refractivity contribution in [3.8, 4) is 5.69 Å². The molecule has 0 spiro atoms. The fourth-order valence-electron chi connectivity index (χ4n) is 2.88. The Kier molecular flexibility index (Phi) is 4.68. The highest BCUT2D eigenvalue weighted by Gasteiger charge is 2.31. The molecule has 128 valence electrons. The van der Waals surface area contributed by atoms with Crippen LogP contribution in [-0.4, -0.2) is 21.7 Å². The lowest BCUT2D eigenvalue weighted by Gasteiger charge is -2.13. The van der Waals surface area contributed by atoms with Crippen molar-refractivity contribution in [2.24, 2.45) is 0 Å². The molecule has 1 fully saturated rings. The van der Waals surface area contributed by atoms with Crippen molar-refractivity contribution in [1.29, 1.82) is 0 Å². The minimum absolute atomic E-state index is 0.00473. The van der Waals surface area contributed by atoms with Gasteiger partial charge in [0.25, 0.3) is 5.91 Å². The molecule has 0 saturated heterocycles. The van der Waals surface area contributed by atoms with Gasteiger partial charge in [-0.3, -0.25) is 4.79 Å². The molecule has 4 nitrogen and oxygen atoms in total. The first kappa shape index (κ1) is 17.0. The Labute approximate surface area is 148 Å². The first-order chi connectivity index (χ1) is 11.4. The van der Waals surface area contributed by atoms with Crippen LogP contribution >= 0.6 is 11.6 Å². The summed E-state index contributed by atoms with van der Waals surface area (Å²) < 4.78 is 1.90. The van der Waals surface area contributed by atoms with E-state index < -0.39 is 0 Å². The fraction of sp³-hybridized carbons (Fsp3) is 0.474. The van der Waals surface area contributed by atoms with Gasteiger partial charge in [0.2, 0.25) is 0 Å². The molecule has 1 aliphatic carbocycles. The Morgan fingerprint density at radius 3 is 2.29 bits per heavy atom. The smallest absolute Gasteiger partial charge is 0.255 e. The lowest BCUT2D eigenvalue weighted by Crippen LogP contribution is -2.27. The summed E-state index contributed by atoms with van der Waals surface area (Å²) in [7, 11) is 0. The van der Waals surface area contributed by atoms with Crippen LogP contribution in [0.3, 0.4) is 0 Å². The molecule has 0 aliphatic heterocycles. The average molecular weight is 346 g/mol. The molecule has 24 heavy (non-hydrogen) atoms. The molecular formula is C19H24ClN3O. The van der Waals surface area contributed by atoms with Gasteiger partial charge in [0.05, 0.1) is 22.6 Å². The molecule has 0 radical (unpaired) electrons. The highest BCUT2D eigenvalue weighted by Crippen LogP contribution is 2.31. The van der Waals surface area contributed by atoms with E-state index in [2.05, 4.69) is 33.0 Å². The SMILES string of the molecule is CC(C)c1nn(-c2ccc(Cl)cc2)c(C(C)C)c1C(=O)NC1CC1. The second-order valence-corrected chi connectivity index (χ2v) is 7.53. The zero-order valence-corrected chi connectivity index (χ0v) is 15.4. The molecule has 2 aromatic rings. The summed E-state index contributed by atoms with van der Waals surface area (Å²) in [6.45, 7) is 8.35. The Balaban J connectivity index is 2.14. The molecule has 0 atom stereocenters. The molecule has 5 heteroatoms. The summed E-state index contributed by atoms with van der Waals surface area (Å²) in [6, 6.07) is 7.90. The molecule has 1 N–H and O–H groups in total. The maximum Gasteiger partial charge on any atom is 0.255 e. The summed E-state index contributed by atoms with van der Waals surface area (Å²) in [6.07, 6.45) is 2.15. The zero-order chi connectivity index (χ0) is 17.4. The number of nitrogens with one attached hydrogen (secondary N) is 1. The molecule has 1 aromatic carbocycles. The predicted molar refractivity (Wildman–Crippen MR) is 97.2 cm³/mol. The maximum atomic E-state index is 12.9. The summed E-state index contributed by atoms with van der Waals surface area (Å²) >= 11 is 6.01. The number of carbonyl (C=O) groups is 1. The predicted octanol–water partition coefficient (Wildman–Crippen LogP) is 4.66. The number of aromatic nitrogens is 2. The maximum absolute atomic E-state index is 12.9. The van der Waals surface area contributed by atoms with E-state index in [-0.39, 0.29) is 17.7 Å². The van der Waals surface area contributed by atoms with Crippen molar-refractivity contribution in [3.05, 3.63) is 46.2 Å². The van der Waals surface area contributed by atoms with Gasteiger partial charge in [-0.05, 0) is 48.9 Å². The van der Waals surface area contributed by atoms with Gasteiger partial charge in [-0.1, -0.05) is 39.3 Å². The number of benzene rings is 1. The number of halogens is 1. The van der Waals surface area contributed by atoms with E-state index in [9.17, 15) is 4.79 Å². The van der Waals surface area contributed by atoms with Crippen LogP contribution in [-0.2, 0) is 0 Å². The topological polar surface area (TPSA) is 46.9 Å². The van der Waals surface area contributed by atoms with Gasteiger partial charge < -0.3 is 5.32 Å². The van der Waals surface area contributed by atoms with Crippen molar-refractivity contribution in [3.63, 3.8) is 0 Å². The largest absolute Gasteiger partial charge is 0.349 e. The van der Waals surface area contributed by atoms with Crippen LogP contribution in [0, 0.1) is 0 Å². The number of hydrogen-bond donors (Lipinski definition) is 1. The minimum atomic E-state index is 0.00473. The molecule has 0 unspecified atom stereocenters. The fourth-order valence-corrected chi connectivity index (χ4v) is 3.01. The van der Waals surface area contributed by atoms with Gasteiger partial charge in [0.1, 0.15) is 0 Å². The first-order valence-corrected chi connectivity index (χ1v) is 8.96. The number of rotatable bonds is 5. The lowest BCUT2D eigenvalue weighted by molar-refractivity contribution is 0.0948. The summed E-state index contributed by atoms with van der Waals surface area (Å²) in [5.41, 5.74) is 3.48. The van der Waals surface area contributed by atoms with Crippen LogP contribution in [0.15, 0.2) is 24.3 Å². The molecule has 1 aliphatic rings. The van der Waals surface area contributed by atoms with Gasteiger partial charge in [0, 0.05) is 11.1 Å². The number of nitrogens with zero attached hydrogens (tertiary/aromatic N) is 2. The number of amides is 1. The Morgan fingerprint density at radius 2 is 1.79 bits per heavy atom. The molecule has 1 amide bonds. The van der Waals surface area contributed by atoms with Crippen LogP contribution < -0.4 is 5.32 Å². The molecule has 3 rings (SSSR count). The van der Waals surface area contributed by atoms with Gasteiger partial charge in [-0.15, -0.1) is 0 Å². The third kappa shape index (κ3) is 3.34. The minimum Gasteiger partial charge on any atom is -0.349 e. The van der Waals surface area contributed by atoms with E-state index in [0.717, 1.165) is 35.5 Å². The monoisotopic (exact) mass is 345 g/mol. The van der Waals surface area contributed by atoms with Crippen LogP contribution in [0.25, 0.3) is 5.69 Å². The third-order valence-corrected chi connectivity index (χ3v) is 4.50. The summed E-state index contributed by atoms with van der Waals surface area (Å²) in [5.74, 6) is 0.363. The van der Waals surface area contributed by atoms with E-state index in [1.165, 1.54) is 0 Å². The third-order valence-electron chi connectivity index (χ3n) is 4.25. The summed E-state index contributed by atoms with van der Waals surface area (Å²) in [5, 5.41) is 8.60. The van der Waals surface area contributed by atoms with Gasteiger partial charge in [0.15, 0.2) is 0 Å². The summed E-state index contributed by atoms with van der Waals surface area (Å²) in [4.78, 5) is 12.9. The van der Waals surface area contributed by atoms with Crippen molar-refractivity contribution < 1.29 is 4.79 Å². The molecule has 1 heterocycles. The van der Waals surface area contributed by atoms with Crippen molar-refractivity contribution in [1.82, 2.24) is 15.1 Å². The average Bonchev–Trinajstić information content (AvgIpc) is 3.23. The van der Waals surface area contributed by atoms with Gasteiger partial charge >= 0.3 is 0 Å². The van der Waals surface area contributed by atoms with E-state index in [1.54, 1.807) is 0 Å². The van der Waals surface area contributed by atoms with Crippen LogP contribution in [0.1, 0.15) is 74.1 Å². The standard InChI is InChI=1S/C19H24ClN3O/c1-11(2)17-16(19(24)21-14-7-8-14)18(12(3)4)23(22-17)15-9-5-13(20)6-10-15/h5-6,9-12,14H,7-8H2,1-4H3,(H,21,24). The second-order valence-electron chi connectivity index (χ2n) is 7.09. The first-order valence-electron chi connectivity index (χ1n) is 8.58. The van der Waals surface area contributed by atoms with Crippen LogP contribution in [0.5, 0.6) is 0 Å². The van der Waals surface area contributed by atoms with Crippen LogP contribution in [0.4, 0.5) is 0 Å². The highest BCUT2D eigenvalue weighted by molar-refractivity contribution is 6.30. The Morgan fingerprint density at radius 1 is 1.17 bits per heavy atom. The molecule has 1 saturated carbocycles. The number of hydrogen-bond acceptors (Lipinski definition) is 2. The molecule has 0 bridgehead atoms. The van der Waals surface area contributed by atoms with Crippen LogP contribution in [0.2, 0.25) is 5.02 Å². The van der Waals surface area contributed by atoms with Crippen molar-refractivity contribution in [2.75, 3.05) is 0 Å². The van der Waals surface area contributed by atoms with E-state index in [1.807, 2.05) is 28.9 Å². The number of carbonyl (C=O) groups excluding carboxylic acids is 1. The van der Waals surface area contributed by atoms with E-state index >= 15 is 0 Å². The zero-order valence-electron chi connectivity index (χ0n) is 14.6.